The van der Waals surface area contributed by atoms with Crippen LogP contribution in [0.1, 0.15) is 57.1 Å². The molecule has 0 heterocycles. The minimum Gasteiger partial charge on any atom is -0.354 e. The lowest BCUT2D eigenvalue weighted by Gasteiger charge is -2.34. The molecule has 0 saturated heterocycles. The number of benzene rings is 1. The fourth-order valence-electron chi connectivity index (χ4n) is 3.49. The second-order valence-corrected chi connectivity index (χ2v) is 6.75. The summed E-state index contributed by atoms with van der Waals surface area (Å²) in [5.41, 5.74) is 1.35. The average Bonchev–Trinajstić information content (AvgIpc) is 3.03. The normalized spacial score (nSPS) is 17.8. The van der Waals surface area contributed by atoms with Crippen LogP contribution in [0.5, 0.6) is 0 Å². The Labute approximate surface area is 140 Å². The lowest BCUT2D eigenvalue weighted by atomic mass is 9.94. The summed E-state index contributed by atoms with van der Waals surface area (Å²) in [4.78, 5) is 12.0. The number of rotatable bonds is 9. The second kappa shape index (κ2) is 9.04. The van der Waals surface area contributed by atoms with Gasteiger partial charge >= 0.3 is 0 Å². The van der Waals surface area contributed by atoms with Crippen LogP contribution >= 0.6 is 0 Å². The molecule has 0 bridgehead atoms. The van der Waals surface area contributed by atoms with E-state index >= 15 is 0 Å². The summed E-state index contributed by atoms with van der Waals surface area (Å²) in [6, 6.07) is 10.8. The van der Waals surface area contributed by atoms with Gasteiger partial charge in [0.1, 0.15) is 0 Å². The summed E-state index contributed by atoms with van der Waals surface area (Å²) in [6.45, 7) is 3.84. The maximum absolute atomic E-state index is 12.0. The third-order valence-electron chi connectivity index (χ3n) is 4.84. The highest BCUT2D eigenvalue weighted by atomic mass is 16.1. The SMILES string of the molecule is CNCCCC(=O)NCC1(NC(C)c2ccccc2)CCCC1. The van der Waals surface area contributed by atoms with Gasteiger partial charge in [-0.1, -0.05) is 43.2 Å². The van der Waals surface area contributed by atoms with Crippen molar-refractivity contribution in [3.05, 3.63) is 35.9 Å². The molecule has 1 amide bonds. The predicted molar refractivity (Wildman–Crippen MR) is 95.4 cm³/mol. The fraction of sp³-hybridized carbons (Fsp3) is 0.632. The van der Waals surface area contributed by atoms with Crippen LogP contribution in [0.4, 0.5) is 0 Å². The molecule has 1 aliphatic carbocycles. The first-order valence-corrected chi connectivity index (χ1v) is 8.89. The maximum atomic E-state index is 12.0. The van der Waals surface area contributed by atoms with Crippen molar-refractivity contribution >= 4 is 5.91 Å². The van der Waals surface area contributed by atoms with E-state index in [2.05, 4.69) is 47.1 Å². The van der Waals surface area contributed by atoms with E-state index in [0.29, 0.717) is 12.5 Å². The summed E-state index contributed by atoms with van der Waals surface area (Å²) in [5, 5.41) is 10.0. The van der Waals surface area contributed by atoms with Crippen LogP contribution < -0.4 is 16.0 Å². The van der Waals surface area contributed by atoms with Crippen molar-refractivity contribution in [1.82, 2.24) is 16.0 Å². The molecule has 1 aromatic rings. The largest absolute Gasteiger partial charge is 0.354 e. The van der Waals surface area contributed by atoms with Gasteiger partial charge in [0, 0.05) is 24.5 Å². The van der Waals surface area contributed by atoms with Crippen LogP contribution in [-0.2, 0) is 4.79 Å². The Hall–Kier alpha value is -1.39. The van der Waals surface area contributed by atoms with Crippen molar-refractivity contribution in [2.24, 2.45) is 0 Å². The number of hydrogen-bond acceptors (Lipinski definition) is 3. The molecule has 1 saturated carbocycles. The van der Waals surface area contributed by atoms with Gasteiger partial charge in [-0.2, -0.15) is 0 Å². The lowest BCUT2D eigenvalue weighted by Crippen LogP contribution is -2.52. The molecule has 1 atom stereocenters. The first kappa shape index (κ1) is 18.0. The van der Waals surface area contributed by atoms with E-state index in [1.165, 1.54) is 18.4 Å². The van der Waals surface area contributed by atoms with E-state index in [-0.39, 0.29) is 11.4 Å². The molecule has 3 N–H and O–H groups in total. The van der Waals surface area contributed by atoms with Crippen LogP contribution in [-0.4, -0.2) is 31.6 Å². The Morgan fingerprint density at radius 2 is 1.91 bits per heavy atom. The van der Waals surface area contributed by atoms with Gasteiger partial charge < -0.3 is 16.0 Å². The van der Waals surface area contributed by atoms with E-state index in [1.54, 1.807) is 0 Å². The molecule has 0 radical (unpaired) electrons. The Morgan fingerprint density at radius 3 is 2.57 bits per heavy atom. The average molecular weight is 317 g/mol. The van der Waals surface area contributed by atoms with Crippen LogP contribution in [0.15, 0.2) is 30.3 Å². The smallest absolute Gasteiger partial charge is 0.220 e. The van der Waals surface area contributed by atoms with Gasteiger partial charge in [-0.3, -0.25) is 4.79 Å². The Balaban J connectivity index is 1.87. The number of amides is 1. The van der Waals surface area contributed by atoms with Gasteiger partial charge in [-0.05, 0) is 45.3 Å². The highest BCUT2D eigenvalue weighted by Gasteiger charge is 2.35. The fourth-order valence-corrected chi connectivity index (χ4v) is 3.49. The molecule has 1 unspecified atom stereocenters. The molecule has 1 aromatic carbocycles. The highest BCUT2D eigenvalue weighted by molar-refractivity contribution is 5.75. The zero-order valence-corrected chi connectivity index (χ0v) is 14.5. The van der Waals surface area contributed by atoms with Gasteiger partial charge in [0.25, 0.3) is 0 Å². The minimum atomic E-state index is 0.0495. The van der Waals surface area contributed by atoms with Crippen molar-refractivity contribution in [2.75, 3.05) is 20.1 Å². The number of carbonyl (C=O) groups is 1. The number of carbonyl (C=O) groups excluding carboxylic acids is 1. The molecule has 128 valence electrons. The van der Waals surface area contributed by atoms with Crippen molar-refractivity contribution in [3.8, 4) is 0 Å². The summed E-state index contributed by atoms with van der Waals surface area (Å²) >= 11 is 0. The summed E-state index contributed by atoms with van der Waals surface area (Å²) in [6.07, 6.45) is 6.25. The van der Waals surface area contributed by atoms with Crippen LogP contribution in [0.3, 0.4) is 0 Å². The number of hydrogen-bond donors (Lipinski definition) is 3. The van der Waals surface area contributed by atoms with Crippen molar-refractivity contribution in [2.45, 2.75) is 57.0 Å². The predicted octanol–water partition coefficient (Wildman–Crippen LogP) is 2.77. The van der Waals surface area contributed by atoms with Crippen LogP contribution in [0.2, 0.25) is 0 Å². The van der Waals surface area contributed by atoms with E-state index in [4.69, 9.17) is 0 Å². The maximum Gasteiger partial charge on any atom is 0.220 e. The molecule has 4 nitrogen and oxygen atoms in total. The second-order valence-electron chi connectivity index (χ2n) is 6.75. The van der Waals surface area contributed by atoms with Crippen molar-refractivity contribution in [3.63, 3.8) is 0 Å². The Kier molecular flexibility index (Phi) is 7.06. The zero-order chi connectivity index (χ0) is 16.5. The molecular formula is C19H31N3O. The van der Waals surface area contributed by atoms with Gasteiger partial charge in [0.15, 0.2) is 0 Å². The summed E-state index contributed by atoms with van der Waals surface area (Å²) in [7, 11) is 1.92. The van der Waals surface area contributed by atoms with Crippen molar-refractivity contribution < 1.29 is 4.79 Å². The third kappa shape index (κ3) is 5.63. The molecule has 23 heavy (non-hydrogen) atoms. The van der Waals surface area contributed by atoms with E-state index in [0.717, 1.165) is 32.4 Å². The molecular weight excluding hydrogens is 286 g/mol. The molecule has 0 spiro atoms. The molecule has 0 aromatic heterocycles. The standard InChI is InChI=1S/C19H31N3O/c1-16(17-9-4-3-5-10-17)22-19(12-6-7-13-19)15-21-18(23)11-8-14-20-2/h3-5,9-10,16,20,22H,6-8,11-15H2,1-2H3,(H,21,23). The first-order valence-electron chi connectivity index (χ1n) is 8.89. The molecule has 0 aliphatic heterocycles. The van der Waals surface area contributed by atoms with Gasteiger partial charge in [0.2, 0.25) is 5.91 Å². The number of nitrogens with one attached hydrogen (secondary N) is 3. The van der Waals surface area contributed by atoms with Gasteiger partial charge in [0.05, 0.1) is 0 Å². The quantitative estimate of drug-likeness (QED) is 0.614. The lowest BCUT2D eigenvalue weighted by molar-refractivity contribution is -0.121. The Morgan fingerprint density at radius 1 is 1.22 bits per heavy atom. The van der Waals surface area contributed by atoms with Crippen molar-refractivity contribution in [1.29, 1.82) is 0 Å². The molecule has 4 heteroatoms. The summed E-state index contributed by atoms with van der Waals surface area (Å²) in [5.74, 6) is 0.167. The third-order valence-corrected chi connectivity index (χ3v) is 4.84. The van der Waals surface area contributed by atoms with Gasteiger partial charge in [-0.15, -0.1) is 0 Å². The molecule has 1 fully saturated rings. The van der Waals surface area contributed by atoms with E-state index < -0.39 is 0 Å². The Bertz CT molecular complexity index is 469. The first-order chi connectivity index (χ1) is 11.2. The molecule has 2 rings (SSSR count). The monoisotopic (exact) mass is 317 g/mol. The topological polar surface area (TPSA) is 53.2 Å². The van der Waals surface area contributed by atoms with Crippen LogP contribution in [0.25, 0.3) is 0 Å². The summed E-state index contributed by atoms with van der Waals surface area (Å²) < 4.78 is 0. The molecule has 1 aliphatic rings. The van der Waals surface area contributed by atoms with E-state index in [9.17, 15) is 4.79 Å². The minimum absolute atomic E-state index is 0.0495. The zero-order valence-electron chi connectivity index (χ0n) is 14.5. The van der Waals surface area contributed by atoms with Crippen LogP contribution in [0, 0.1) is 0 Å². The van der Waals surface area contributed by atoms with Gasteiger partial charge in [-0.25, -0.2) is 0 Å². The highest BCUT2D eigenvalue weighted by Crippen LogP contribution is 2.31. The van der Waals surface area contributed by atoms with E-state index in [1.807, 2.05) is 13.1 Å².